The lowest BCUT2D eigenvalue weighted by molar-refractivity contribution is 0.280. The zero-order chi connectivity index (χ0) is 51.2. The highest BCUT2D eigenvalue weighted by Crippen LogP contribution is 2.39. The number of methoxy groups -OCH3 is 2. The number of aliphatic hydroxyl groups excluding tert-OH is 2. The third kappa shape index (κ3) is 13.8. The van der Waals surface area contributed by atoms with Gasteiger partial charge in [0.25, 0.3) is 10.1 Å². The topological polar surface area (TPSA) is 312 Å². The Morgan fingerprint density at radius 3 is 1.56 bits per heavy atom. The summed E-state index contributed by atoms with van der Waals surface area (Å²) in [4.78, 5) is 28.9. The van der Waals surface area contributed by atoms with Crippen LogP contribution in [0.25, 0.3) is 20.4 Å². The molecule has 71 heavy (non-hydrogen) atoms. The number of fused-ring (bicyclic) bond motifs is 2. The first kappa shape index (κ1) is 53.3. The fourth-order valence-corrected chi connectivity index (χ4v) is 9.26. The van der Waals surface area contributed by atoms with E-state index in [-0.39, 0.29) is 60.5 Å². The highest BCUT2D eigenvalue weighted by Gasteiger charge is 2.21. The van der Waals surface area contributed by atoms with Crippen molar-refractivity contribution in [3.8, 4) is 11.5 Å². The minimum atomic E-state index is -4.59. The van der Waals surface area contributed by atoms with Crippen molar-refractivity contribution in [1.29, 1.82) is 0 Å². The lowest BCUT2D eigenvalue weighted by Gasteiger charge is -2.24. The SMILES string of the molecule is CCN(CC)c1ccc(N=Nc2nc3ccc(OC)cc3s2)c(Nc2nc(Nc3cc(N(CC)CC)ccc3N=Nc3nc4cc(S(=O)(=O)O)c(OC)cc4s3)nc(N(CCO)CCO)n2)c1.O=S(=O)=O. The van der Waals surface area contributed by atoms with E-state index in [1.807, 2.05) is 62.4 Å². The van der Waals surface area contributed by atoms with E-state index in [1.165, 1.54) is 30.6 Å². The number of rotatable bonds is 22. The van der Waals surface area contributed by atoms with Gasteiger partial charge in [0.2, 0.25) is 28.1 Å². The number of anilines is 7. The second-order valence-electron chi connectivity index (χ2n) is 14.6. The number of benzene rings is 4. The predicted molar refractivity (Wildman–Crippen MR) is 273 cm³/mol. The minimum Gasteiger partial charge on any atom is -0.497 e. The summed E-state index contributed by atoms with van der Waals surface area (Å²) in [6, 6.07) is 19.6. The van der Waals surface area contributed by atoms with Crippen LogP contribution in [-0.4, -0.2) is 127 Å². The Kier molecular flexibility index (Phi) is 18.5. The molecular formula is C43H50N14O10S4. The van der Waals surface area contributed by atoms with Crippen LogP contribution in [-0.2, 0) is 20.7 Å². The third-order valence-electron chi connectivity index (χ3n) is 10.4. The Morgan fingerprint density at radius 2 is 1.11 bits per heavy atom. The Morgan fingerprint density at radius 1 is 0.620 bits per heavy atom. The average Bonchev–Trinajstić information content (AvgIpc) is 3.96. The molecule has 0 bridgehead atoms. The summed E-state index contributed by atoms with van der Waals surface area (Å²) in [5, 5.41) is 45.5. The quantitative estimate of drug-likeness (QED) is 0.0316. The van der Waals surface area contributed by atoms with Gasteiger partial charge < -0.3 is 45.0 Å². The molecule has 0 aliphatic carbocycles. The number of nitrogens with zero attached hydrogens (tertiary/aromatic N) is 12. The molecule has 0 saturated carbocycles. The second-order valence-corrected chi connectivity index (χ2v) is 18.4. The average molecular weight is 1050 g/mol. The van der Waals surface area contributed by atoms with Crippen molar-refractivity contribution in [3.05, 3.63) is 66.7 Å². The summed E-state index contributed by atoms with van der Waals surface area (Å²) in [7, 11) is -4.79. The normalized spacial score (nSPS) is 11.5. The summed E-state index contributed by atoms with van der Waals surface area (Å²) < 4.78 is 71.3. The summed E-state index contributed by atoms with van der Waals surface area (Å²) in [6.07, 6.45) is 0. The van der Waals surface area contributed by atoms with Gasteiger partial charge in [-0.25, -0.2) is 9.97 Å². The van der Waals surface area contributed by atoms with Crippen LogP contribution in [0.1, 0.15) is 27.7 Å². The minimum absolute atomic E-state index is 0.0360. The fraction of sp³-hybridized carbons (Fsp3) is 0.326. The van der Waals surface area contributed by atoms with Crippen LogP contribution >= 0.6 is 22.7 Å². The van der Waals surface area contributed by atoms with Crippen molar-refractivity contribution in [3.63, 3.8) is 0 Å². The van der Waals surface area contributed by atoms with Crippen LogP contribution in [0.15, 0.2) is 92.1 Å². The number of azo groups is 2. The molecule has 0 fully saturated rings. The number of thiazole rings is 2. The molecule has 0 atom stereocenters. The Labute approximate surface area is 417 Å². The lowest BCUT2D eigenvalue weighted by atomic mass is 10.2. The van der Waals surface area contributed by atoms with Gasteiger partial charge in [0.05, 0.1) is 59.2 Å². The molecular weight excluding hydrogens is 1000 g/mol. The monoisotopic (exact) mass is 1050 g/mol. The van der Waals surface area contributed by atoms with E-state index >= 15 is 0 Å². The molecule has 7 aromatic rings. The maximum absolute atomic E-state index is 12.1. The summed E-state index contributed by atoms with van der Waals surface area (Å²) in [5.74, 6) is 1.05. The number of aliphatic hydroxyl groups is 2. The van der Waals surface area contributed by atoms with Crippen molar-refractivity contribution in [2.45, 2.75) is 32.6 Å². The molecule has 28 heteroatoms. The second kappa shape index (κ2) is 24.7. The van der Waals surface area contributed by atoms with Crippen molar-refractivity contribution < 1.29 is 45.3 Å². The maximum atomic E-state index is 12.1. The van der Waals surface area contributed by atoms with E-state index in [0.29, 0.717) is 38.3 Å². The molecule has 3 heterocycles. The number of hydrogen-bond acceptors (Lipinski definition) is 25. The van der Waals surface area contributed by atoms with E-state index in [0.717, 1.165) is 59.1 Å². The molecule has 3 aromatic heterocycles. The van der Waals surface area contributed by atoms with Gasteiger partial charge in [0.15, 0.2) is 0 Å². The number of aromatic nitrogens is 5. The molecule has 0 aliphatic heterocycles. The molecule has 0 spiro atoms. The van der Waals surface area contributed by atoms with Gasteiger partial charge >= 0.3 is 10.6 Å². The van der Waals surface area contributed by atoms with Crippen molar-refractivity contribution in [1.82, 2.24) is 24.9 Å². The van der Waals surface area contributed by atoms with Crippen molar-refractivity contribution in [2.75, 3.05) is 92.0 Å². The number of hydrogen-bond donors (Lipinski definition) is 5. The molecule has 0 amide bonds. The molecule has 7 rings (SSSR count). The maximum Gasteiger partial charge on any atom is 0.425 e. The first-order valence-electron chi connectivity index (χ1n) is 21.7. The van der Waals surface area contributed by atoms with Gasteiger partial charge in [-0.05, 0) is 88.4 Å². The Hall–Kier alpha value is -7.08. The van der Waals surface area contributed by atoms with E-state index in [9.17, 15) is 23.2 Å². The molecule has 376 valence electrons. The highest BCUT2D eigenvalue weighted by atomic mass is 32.2. The van der Waals surface area contributed by atoms with Crippen LogP contribution in [0.3, 0.4) is 0 Å². The van der Waals surface area contributed by atoms with Gasteiger partial charge in [-0.2, -0.15) is 23.4 Å². The molecule has 5 N–H and O–H groups in total. The van der Waals surface area contributed by atoms with Crippen LogP contribution < -0.4 is 34.8 Å². The van der Waals surface area contributed by atoms with Crippen LogP contribution in [0, 0.1) is 0 Å². The number of ether oxygens (including phenoxy) is 2. The van der Waals surface area contributed by atoms with Crippen molar-refractivity contribution in [2.24, 2.45) is 20.5 Å². The third-order valence-corrected chi connectivity index (χ3v) is 13.0. The molecule has 4 aromatic carbocycles. The van der Waals surface area contributed by atoms with Gasteiger partial charge in [-0.1, -0.05) is 22.7 Å². The van der Waals surface area contributed by atoms with Gasteiger partial charge in [-0.15, -0.1) is 33.1 Å². The smallest absolute Gasteiger partial charge is 0.425 e. The van der Waals surface area contributed by atoms with Gasteiger partial charge in [-0.3, -0.25) is 4.55 Å². The number of nitrogens with one attached hydrogen (secondary N) is 2. The zero-order valence-corrected chi connectivity index (χ0v) is 42.5. The van der Waals surface area contributed by atoms with Gasteiger partial charge in [0.1, 0.15) is 27.8 Å². The molecule has 0 saturated heterocycles. The molecule has 0 unspecified atom stereocenters. The summed E-state index contributed by atoms with van der Waals surface area (Å²) >= 11 is 2.53. The Bertz CT molecular complexity index is 3250. The highest BCUT2D eigenvalue weighted by molar-refractivity contribution is 7.86. The van der Waals surface area contributed by atoms with E-state index in [2.05, 4.69) is 64.7 Å². The molecule has 24 nitrogen and oxygen atoms in total. The fourth-order valence-electron chi connectivity index (χ4n) is 6.99. The standard InChI is InChI=1S/C43H50N14O7S3.O3S/c1-7-55(8-2)26-11-14-29(51-53-42-46-31-16-13-28(63-5)23-36(31)65-42)32(21-26)44-39-48-40(50-41(49-39)57(17-19-58)18-20-59)45-33-22-27(56(9-3)10-4)12-15-30(33)52-54-43-47-34-24-38(67(60,61)62)35(64-6)25-37(34)66-43;1-4(2)3/h11-16,21-25,58-59H,7-10,17-20H2,1-6H3,(H,60,61,62)(H2,44,45,48,49,50);. The molecule has 0 radical (unpaired) electrons. The van der Waals surface area contributed by atoms with Crippen LogP contribution in [0.4, 0.5) is 62.2 Å². The first-order valence-corrected chi connectivity index (χ1v) is 25.8. The summed E-state index contributed by atoms with van der Waals surface area (Å²) in [6.45, 7) is 10.9. The largest absolute Gasteiger partial charge is 0.497 e. The zero-order valence-electron chi connectivity index (χ0n) is 39.2. The predicted octanol–water partition coefficient (Wildman–Crippen LogP) is 8.15. The van der Waals surface area contributed by atoms with E-state index in [1.54, 1.807) is 18.1 Å². The van der Waals surface area contributed by atoms with Crippen molar-refractivity contribution >= 4 is 126 Å². The first-order chi connectivity index (χ1) is 34.1. The van der Waals surface area contributed by atoms with E-state index < -0.39 is 25.6 Å². The lowest BCUT2D eigenvalue weighted by Crippen LogP contribution is -2.31. The Balaban J connectivity index is 0.00000199. The van der Waals surface area contributed by atoms with Crippen LogP contribution in [0.5, 0.6) is 11.5 Å². The van der Waals surface area contributed by atoms with E-state index in [4.69, 9.17) is 37.1 Å². The summed E-state index contributed by atoms with van der Waals surface area (Å²) in [5.41, 5.74) is 4.70. The van der Waals surface area contributed by atoms with Crippen LogP contribution in [0.2, 0.25) is 0 Å². The van der Waals surface area contributed by atoms with Gasteiger partial charge in [0, 0.05) is 56.7 Å². The molecule has 0 aliphatic rings.